The van der Waals surface area contributed by atoms with Gasteiger partial charge in [-0.15, -0.1) is 0 Å². The van der Waals surface area contributed by atoms with Gasteiger partial charge in [0.2, 0.25) is 0 Å². The van der Waals surface area contributed by atoms with Gasteiger partial charge in [0.1, 0.15) is 5.75 Å². The average molecular weight is 177 g/mol. The first-order valence-electron chi connectivity index (χ1n) is 3.84. The SMILES string of the molecule is O=[N+]([O-])C1=Cc2ccccc2OC1. The predicted octanol–water partition coefficient (Wildman–Crippen LogP) is 1.70. The highest BCUT2D eigenvalue weighted by atomic mass is 16.6. The lowest BCUT2D eigenvalue weighted by Gasteiger charge is -2.12. The normalized spacial score (nSPS) is 14.0. The second-order valence-electron chi connectivity index (χ2n) is 2.72. The van der Waals surface area contributed by atoms with Crippen LogP contribution in [-0.2, 0) is 0 Å². The minimum absolute atomic E-state index is 0.0456. The minimum atomic E-state index is -0.421. The van der Waals surface area contributed by atoms with E-state index in [4.69, 9.17) is 4.74 Å². The summed E-state index contributed by atoms with van der Waals surface area (Å²) in [4.78, 5) is 10.0. The lowest BCUT2D eigenvalue weighted by Crippen LogP contribution is -2.13. The van der Waals surface area contributed by atoms with Crippen LogP contribution in [-0.4, -0.2) is 11.5 Å². The van der Waals surface area contributed by atoms with Gasteiger partial charge >= 0.3 is 0 Å². The molecule has 0 amide bonds. The number of fused-ring (bicyclic) bond motifs is 1. The van der Waals surface area contributed by atoms with Crippen molar-refractivity contribution in [1.82, 2.24) is 0 Å². The third-order valence-electron chi connectivity index (χ3n) is 1.85. The van der Waals surface area contributed by atoms with Crippen molar-refractivity contribution in [3.05, 3.63) is 45.6 Å². The summed E-state index contributed by atoms with van der Waals surface area (Å²) in [7, 11) is 0. The molecule has 1 aliphatic heterocycles. The summed E-state index contributed by atoms with van der Waals surface area (Å²) in [6.07, 6.45) is 1.54. The van der Waals surface area contributed by atoms with Gasteiger partial charge in [0.05, 0.1) is 4.92 Å². The van der Waals surface area contributed by atoms with Crippen molar-refractivity contribution in [2.24, 2.45) is 0 Å². The number of nitrogens with zero attached hydrogens (tertiary/aromatic N) is 1. The lowest BCUT2D eigenvalue weighted by molar-refractivity contribution is -0.427. The van der Waals surface area contributed by atoms with Gasteiger partial charge in [-0.2, -0.15) is 0 Å². The van der Waals surface area contributed by atoms with Gasteiger partial charge in [-0.1, -0.05) is 18.2 Å². The number of benzene rings is 1. The summed E-state index contributed by atoms with van der Waals surface area (Å²) in [5.74, 6) is 0.702. The number of hydrogen-bond donors (Lipinski definition) is 0. The molecule has 4 nitrogen and oxygen atoms in total. The maximum atomic E-state index is 10.4. The highest BCUT2D eigenvalue weighted by Gasteiger charge is 2.18. The highest BCUT2D eigenvalue weighted by molar-refractivity contribution is 5.60. The topological polar surface area (TPSA) is 52.4 Å². The number of ether oxygens (including phenoxy) is 1. The summed E-state index contributed by atoms with van der Waals surface area (Å²) in [6, 6.07) is 7.24. The van der Waals surface area contributed by atoms with Crippen molar-refractivity contribution in [2.45, 2.75) is 0 Å². The van der Waals surface area contributed by atoms with E-state index >= 15 is 0 Å². The van der Waals surface area contributed by atoms with Crippen LogP contribution in [0.25, 0.3) is 6.08 Å². The van der Waals surface area contributed by atoms with Gasteiger partial charge in [0.15, 0.2) is 6.61 Å². The summed E-state index contributed by atoms with van der Waals surface area (Å²) < 4.78 is 5.19. The number of nitro groups is 1. The molecule has 0 radical (unpaired) electrons. The number of rotatable bonds is 1. The zero-order chi connectivity index (χ0) is 9.26. The average Bonchev–Trinajstić information content (AvgIpc) is 2.17. The Morgan fingerprint density at radius 1 is 1.38 bits per heavy atom. The molecule has 1 aliphatic rings. The molecular formula is C9H7NO3. The van der Waals surface area contributed by atoms with Crippen LogP contribution >= 0.6 is 0 Å². The fourth-order valence-corrected chi connectivity index (χ4v) is 1.21. The van der Waals surface area contributed by atoms with Crippen LogP contribution in [0.5, 0.6) is 5.75 Å². The van der Waals surface area contributed by atoms with Crippen LogP contribution in [0.1, 0.15) is 5.56 Å². The van der Waals surface area contributed by atoms with E-state index in [9.17, 15) is 10.1 Å². The molecule has 1 heterocycles. The Morgan fingerprint density at radius 3 is 2.92 bits per heavy atom. The van der Waals surface area contributed by atoms with Gasteiger partial charge in [-0.25, -0.2) is 0 Å². The van der Waals surface area contributed by atoms with Gasteiger partial charge < -0.3 is 4.74 Å². The van der Waals surface area contributed by atoms with Crippen LogP contribution in [0.3, 0.4) is 0 Å². The van der Waals surface area contributed by atoms with Crippen LogP contribution in [0, 0.1) is 10.1 Å². The van der Waals surface area contributed by atoms with Crippen LogP contribution < -0.4 is 4.74 Å². The first-order chi connectivity index (χ1) is 6.27. The van der Waals surface area contributed by atoms with Crippen molar-refractivity contribution >= 4 is 6.08 Å². The molecule has 66 valence electrons. The molecular weight excluding hydrogens is 170 g/mol. The van der Waals surface area contributed by atoms with Crippen molar-refractivity contribution in [3.63, 3.8) is 0 Å². The van der Waals surface area contributed by atoms with E-state index in [-0.39, 0.29) is 12.3 Å². The summed E-state index contributed by atoms with van der Waals surface area (Å²) in [5, 5.41) is 10.4. The molecule has 13 heavy (non-hydrogen) atoms. The minimum Gasteiger partial charge on any atom is -0.482 e. The molecule has 1 aromatic rings. The summed E-state index contributed by atoms with van der Waals surface area (Å²) >= 11 is 0. The van der Waals surface area contributed by atoms with Crippen molar-refractivity contribution in [1.29, 1.82) is 0 Å². The molecule has 0 saturated heterocycles. The third-order valence-corrected chi connectivity index (χ3v) is 1.85. The van der Waals surface area contributed by atoms with E-state index in [0.29, 0.717) is 5.75 Å². The molecule has 4 heteroatoms. The monoisotopic (exact) mass is 177 g/mol. The van der Waals surface area contributed by atoms with E-state index in [1.54, 1.807) is 18.2 Å². The quantitative estimate of drug-likeness (QED) is 0.484. The van der Waals surface area contributed by atoms with Gasteiger partial charge in [0, 0.05) is 11.6 Å². The summed E-state index contributed by atoms with van der Waals surface area (Å²) in [6.45, 7) is 0.0456. The largest absolute Gasteiger partial charge is 0.482 e. The maximum Gasteiger partial charge on any atom is 0.284 e. The van der Waals surface area contributed by atoms with Gasteiger partial charge in [-0.3, -0.25) is 10.1 Å². The second kappa shape index (κ2) is 2.90. The zero-order valence-corrected chi connectivity index (χ0v) is 6.77. The Hall–Kier alpha value is -1.84. The fraction of sp³-hybridized carbons (Fsp3) is 0.111. The molecule has 0 fully saturated rings. The van der Waals surface area contributed by atoms with E-state index in [0.717, 1.165) is 5.56 Å². The van der Waals surface area contributed by atoms with E-state index in [2.05, 4.69) is 0 Å². The Balaban J connectivity index is 2.44. The zero-order valence-electron chi connectivity index (χ0n) is 6.77. The molecule has 0 unspecified atom stereocenters. The Labute approximate surface area is 74.6 Å². The Bertz CT molecular complexity index is 384. The first-order valence-corrected chi connectivity index (χ1v) is 3.84. The second-order valence-corrected chi connectivity index (χ2v) is 2.72. The molecule has 0 aromatic heterocycles. The maximum absolute atomic E-state index is 10.4. The standard InChI is InChI=1S/C9H7NO3/c11-10(12)8-5-7-3-1-2-4-9(7)13-6-8/h1-5H,6H2. The molecule has 0 atom stereocenters. The van der Waals surface area contributed by atoms with Crippen LogP contribution in [0.2, 0.25) is 0 Å². The van der Waals surface area contributed by atoms with Crippen molar-refractivity contribution in [3.8, 4) is 5.75 Å². The van der Waals surface area contributed by atoms with Gasteiger partial charge in [0.25, 0.3) is 5.70 Å². The molecule has 1 aromatic carbocycles. The third kappa shape index (κ3) is 1.38. The van der Waals surface area contributed by atoms with Crippen molar-refractivity contribution < 1.29 is 9.66 Å². The predicted molar refractivity (Wildman–Crippen MR) is 46.9 cm³/mol. The molecule has 0 N–H and O–H groups in total. The Kier molecular flexibility index (Phi) is 1.73. The smallest absolute Gasteiger partial charge is 0.284 e. The fourth-order valence-electron chi connectivity index (χ4n) is 1.21. The first kappa shape index (κ1) is 7.79. The molecule has 0 spiro atoms. The molecule has 0 saturated carbocycles. The molecule has 2 rings (SSSR count). The highest BCUT2D eigenvalue weighted by Crippen LogP contribution is 2.25. The Morgan fingerprint density at radius 2 is 2.15 bits per heavy atom. The molecule has 0 aliphatic carbocycles. The van der Waals surface area contributed by atoms with Gasteiger partial charge in [-0.05, 0) is 6.07 Å². The number of hydrogen-bond acceptors (Lipinski definition) is 3. The van der Waals surface area contributed by atoms with Crippen LogP contribution in [0.4, 0.5) is 0 Å². The van der Waals surface area contributed by atoms with E-state index < -0.39 is 4.92 Å². The van der Waals surface area contributed by atoms with Crippen molar-refractivity contribution in [2.75, 3.05) is 6.61 Å². The van der Waals surface area contributed by atoms with Crippen LogP contribution in [0.15, 0.2) is 30.0 Å². The summed E-state index contributed by atoms with van der Waals surface area (Å²) in [5.41, 5.74) is 0.860. The number of para-hydroxylation sites is 1. The van der Waals surface area contributed by atoms with E-state index in [1.165, 1.54) is 0 Å². The molecule has 0 bridgehead atoms. The lowest BCUT2D eigenvalue weighted by atomic mass is 10.1. The van der Waals surface area contributed by atoms with E-state index in [1.807, 2.05) is 12.1 Å².